The zero-order chi connectivity index (χ0) is 15.3. The third kappa shape index (κ3) is 5.54. The van der Waals surface area contributed by atoms with E-state index in [1.807, 2.05) is 0 Å². The maximum atomic E-state index is 3.78. The lowest BCUT2D eigenvalue weighted by Gasteiger charge is -2.38. The molecule has 0 aromatic carbocycles. The first-order valence-electron chi connectivity index (χ1n) is 9.17. The zero-order valence-electron chi connectivity index (χ0n) is 14.8. The molecule has 0 aromatic heterocycles. The molecule has 1 aliphatic heterocycles. The van der Waals surface area contributed by atoms with E-state index >= 15 is 0 Å². The SMILES string of the molecule is CCC(CC)(CNC1CC1)CN(C)CC1CCN(C)CC1. The van der Waals surface area contributed by atoms with Crippen molar-refractivity contribution < 1.29 is 0 Å². The molecule has 1 saturated heterocycles. The summed E-state index contributed by atoms with van der Waals surface area (Å²) in [7, 11) is 4.60. The van der Waals surface area contributed by atoms with E-state index in [0.717, 1.165) is 12.0 Å². The molecule has 21 heavy (non-hydrogen) atoms. The Morgan fingerprint density at radius 1 is 1.10 bits per heavy atom. The van der Waals surface area contributed by atoms with Gasteiger partial charge in [0, 0.05) is 25.7 Å². The maximum Gasteiger partial charge on any atom is 0.00684 e. The van der Waals surface area contributed by atoms with E-state index in [1.165, 1.54) is 71.2 Å². The van der Waals surface area contributed by atoms with Gasteiger partial charge in [-0.05, 0) is 77.0 Å². The van der Waals surface area contributed by atoms with Gasteiger partial charge < -0.3 is 15.1 Å². The minimum Gasteiger partial charge on any atom is -0.313 e. The van der Waals surface area contributed by atoms with Gasteiger partial charge in [-0.15, -0.1) is 0 Å². The van der Waals surface area contributed by atoms with Crippen molar-refractivity contribution >= 4 is 0 Å². The normalized spacial score (nSPS) is 22.1. The highest BCUT2D eigenvalue weighted by molar-refractivity contribution is 4.88. The predicted octanol–water partition coefficient (Wildman–Crippen LogP) is 2.82. The van der Waals surface area contributed by atoms with Gasteiger partial charge in [0.2, 0.25) is 0 Å². The lowest BCUT2D eigenvalue weighted by atomic mass is 9.81. The third-order valence-electron chi connectivity index (χ3n) is 5.86. The van der Waals surface area contributed by atoms with E-state index in [2.05, 4.69) is 43.1 Å². The van der Waals surface area contributed by atoms with Crippen molar-refractivity contribution in [2.24, 2.45) is 11.3 Å². The first kappa shape index (κ1) is 17.2. The smallest absolute Gasteiger partial charge is 0.00684 e. The van der Waals surface area contributed by atoms with Gasteiger partial charge in [0.05, 0.1) is 0 Å². The summed E-state index contributed by atoms with van der Waals surface area (Å²) < 4.78 is 0. The summed E-state index contributed by atoms with van der Waals surface area (Å²) in [5.41, 5.74) is 0.475. The van der Waals surface area contributed by atoms with Crippen molar-refractivity contribution in [3.05, 3.63) is 0 Å². The molecule has 2 fully saturated rings. The van der Waals surface area contributed by atoms with Gasteiger partial charge in [-0.2, -0.15) is 0 Å². The van der Waals surface area contributed by atoms with Crippen LogP contribution < -0.4 is 5.32 Å². The van der Waals surface area contributed by atoms with Crippen molar-refractivity contribution in [2.75, 3.05) is 46.8 Å². The average Bonchev–Trinajstić information content (AvgIpc) is 3.30. The molecule has 3 nitrogen and oxygen atoms in total. The molecule has 1 heterocycles. The number of hydrogen-bond donors (Lipinski definition) is 1. The Bertz CT molecular complexity index is 289. The van der Waals surface area contributed by atoms with E-state index in [-0.39, 0.29) is 0 Å². The van der Waals surface area contributed by atoms with Gasteiger partial charge in [0.15, 0.2) is 0 Å². The van der Waals surface area contributed by atoms with Crippen molar-refractivity contribution in [3.8, 4) is 0 Å². The fourth-order valence-corrected chi connectivity index (χ4v) is 3.75. The highest BCUT2D eigenvalue weighted by atomic mass is 15.1. The lowest BCUT2D eigenvalue weighted by Crippen LogP contribution is -2.45. The number of nitrogens with one attached hydrogen (secondary N) is 1. The molecular formula is C18H37N3. The number of piperidine rings is 1. The number of hydrogen-bond acceptors (Lipinski definition) is 3. The van der Waals surface area contributed by atoms with Crippen molar-refractivity contribution in [2.45, 2.75) is 58.4 Å². The van der Waals surface area contributed by atoms with Crippen LogP contribution in [-0.4, -0.2) is 62.7 Å². The van der Waals surface area contributed by atoms with Crippen LogP contribution in [0.3, 0.4) is 0 Å². The molecule has 3 heteroatoms. The topological polar surface area (TPSA) is 18.5 Å². The summed E-state index contributed by atoms with van der Waals surface area (Å²) in [5.74, 6) is 0.911. The summed E-state index contributed by atoms with van der Waals surface area (Å²) in [5, 5.41) is 3.78. The highest BCUT2D eigenvalue weighted by Gasteiger charge is 2.31. The fourth-order valence-electron chi connectivity index (χ4n) is 3.75. The Balaban J connectivity index is 1.77. The Kier molecular flexibility index (Phi) is 6.51. The summed E-state index contributed by atoms with van der Waals surface area (Å²) in [6, 6.07) is 0.835. The van der Waals surface area contributed by atoms with Crippen LogP contribution in [0.2, 0.25) is 0 Å². The fraction of sp³-hybridized carbons (Fsp3) is 1.00. The molecule has 0 spiro atoms. The molecule has 2 aliphatic rings. The Morgan fingerprint density at radius 3 is 2.24 bits per heavy atom. The molecule has 0 amide bonds. The molecule has 2 rings (SSSR count). The van der Waals surface area contributed by atoms with Crippen molar-refractivity contribution in [1.82, 2.24) is 15.1 Å². The van der Waals surface area contributed by atoms with E-state index in [9.17, 15) is 0 Å². The monoisotopic (exact) mass is 295 g/mol. The predicted molar refractivity (Wildman–Crippen MR) is 91.8 cm³/mol. The van der Waals surface area contributed by atoms with Gasteiger partial charge in [-0.3, -0.25) is 0 Å². The van der Waals surface area contributed by atoms with Crippen LogP contribution in [0.4, 0.5) is 0 Å². The number of likely N-dealkylation sites (tertiary alicyclic amines) is 1. The highest BCUT2D eigenvalue weighted by Crippen LogP contribution is 2.29. The lowest BCUT2D eigenvalue weighted by molar-refractivity contribution is 0.120. The van der Waals surface area contributed by atoms with Gasteiger partial charge >= 0.3 is 0 Å². The Hall–Kier alpha value is -0.120. The van der Waals surface area contributed by atoms with Crippen molar-refractivity contribution in [3.63, 3.8) is 0 Å². The number of nitrogens with zero attached hydrogens (tertiary/aromatic N) is 2. The Labute approximate surface area is 132 Å². The first-order valence-corrected chi connectivity index (χ1v) is 9.17. The second-order valence-electron chi connectivity index (χ2n) is 7.81. The standard InChI is InChI=1S/C18H37N3/c1-5-18(6-2,14-19-17-7-8-17)15-21(4)13-16-9-11-20(3)12-10-16/h16-17,19H,5-15H2,1-4H3. The Morgan fingerprint density at radius 2 is 1.71 bits per heavy atom. The van der Waals surface area contributed by atoms with Crippen LogP contribution in [0, 0.1) is 11.3 Å². The molecule has 1 N–H and O–H groups in total. The van der Waals surface area contributed by atoms with Crippen LogP contribution in [0.1, 0.15) is 52.4 Å². The quantitative estimate of drug-likeness (QED) is 0.706. The summed E-state index contributed by atoms with van der Waals surface area (Å²) >= 11 is 0. The van der Waals surface area contributed by atoms with Crippen molar-refractivity contribution in [1.29, 1.82) is 0 Å². The minimum absolute atomic E-state index is 0.475. The first-order chi connectivity index (χ1) is 10.1. The molecule has 124 valence electrons. The second-order valence-corrected chi connectivity index (χ2v) is 7.81. The molecule has 0 unspecified atom stereocenters. The van der Waals surface area contributed by atoms with E-state index in [0.29, 0.717) is 5.41 Å². The van der Waals surface area contributed by atoms with Gasteiger partial charge in [0.1, 0.15) is 0 Å². The van der Waals surface area contributed by atoms with E-state index in [4.69, 9.17) is 0 Å². The van der Waals surface area contributed by atoms with Crippen LogP contribution in [0.15, 0.2) is 0 Å². The van der Waals surface area contributed by atoms with Crippen LogP contribution in [0.25, 0.3) is 0 Å². The zero-order valence-corrected chi connectivity index (χ0v) is 14.8. The molecule has 1 aliphatic carbocycles. The third-order valence-corrected chi connectivity index (χ3v) is 5.86. The van der Waals surface area contributed by atoms with Crippen LogP contribution in [-0.2, 0) is 0 Å². The molecule has 0 aromatic rings. The largest absolute Gasteiger partial charge is 0.313 e. The maximum absolute atomic E-state index is 3.78. The molecule has 0 bridgehead atoms. The summed E-state index contributed by atoms with van der Waals surface area (Å²) in [6.45, 7) is 11.1. The number of rotatable bonds is 9. The average molecular weight is 296 g/mol. The van der Waals surface area contributed by atoms with E-state index in [1.54, 1.807) is 0 Å². The molecule has 0 radical (unpaired) electrons. The molecule has 0 atom stereocenters. The molecule has 1 saturated carbocycles. The van der Waals surface area contributed by atoms with Crippen LogP contribution >= 0.6 is 0 Å². The van der Waals surface area contributed by atoms with E-state index < -0.39 is 0 Å². The van der Waals surface area contributed by atoms with Gasteiger partial charge in [-0.1, -0.05) is 13.8 Å². The van der Waals surface area contributed by atoms with Gasteiger partial charge in [-0.25, -0.2) is 0 Å². The summed E-state index contributed by atoms with van der Waals surface area (Å²) in [4.78, 5) is 5.09. The minimum atomic E-state index is 0.475. The van der Waals surface area contributed by atoms with Crippen LogP contribution in [0.5, 0.6) is 0 Å². The second kappa shape index (κ2) is 7.94. The molecular weight excluding hydrogens is 258 g/mol. The summed E-state index contributed by atoms with van der Waals surface area (Å²) in [6.07, 6.45) is 8.14. The van der Waals surface area contributed by atoms with Gasteiger partial charge in [0.25, 0.3) is 0 Å².